The first-order valence-corrected chi connectivity index (χ1v) is 5.69. The molecule has 0 saturated carbocycles. The molecule has 0 N–H and O–H groups in total. The molecule has 0 radical (unpaired) electrons. The number of halogens is 12. The maximum atomic E-state index is 13.5. The fourth-order valence-electron chi connectivity index (χ4n) is 1.03. The summed E-state index contributed by atoms with van der Waals surface area (Å²) in [4.78, 5) is 0. The Morgan fingerprint density at radius 1 is 0.650 bits per heavy atom. The summed E-state index contributed by atoms with van der Waals surface area (Å²) >= 11 is 5.56. The van der Waals surface area contributed by atoms with Crippen LogP contribution in [0.5, 0.6) is 0 Å². The van der Waals surface area contributed by atoms with E-state index in [0.717, 1.165) is 0 Å². The van der Waals surface area contributed by atoms with Crippen molar-refractivity contribution in [2.75, 3.05) is 0 Å². The summed E-state index contributed by atoms with van der Waals surface area (Å²) in [7, 11) is 0. The van der Waals surface area contributed by atoms with Gasteiger partial charge < -0.3 is 0 Å². The first kappa shape index (κ1) is 20.1. The summed E-state index contributed by atoms with van der Waals surface area (Å²) in [5.74, 6) is -24.7. The number of hydrogen-bond donors (Lipinski definition) is 0. The Morgan fingerprint density at radius 3 is 1.15 bits per heavy atom. The number of alkyl halides is 12. The van der Waals surface area contributed by atoms with E-state index in [1.165, 1.54) is 15.9 Å². The van der Waals surface area contributed by atoms with Crippen molar-refractivity contribution in [3.05, 3.63) is 0 Å². The molecular formula is C8H6BrClF10. The molecule has 0 fully saturated rings. The summed E-state index contributed by atoms with van der Waals surface area (Å²) in [6, 6.07) is 0. The molecule has 12 heteroatoms. The van der Waals surface area contributed by atoms with Crippen molar-refractivity contribution in [3.63, 3.8) is 0 Å². The zero-order valence-corrected chi connectivity index (χ0v) is 11.9. The lowest BCUT2D eigenvalue weighted by atomic mass is 9.86. The van der Waals surface area contributed by atoms with Gasteiger partial charge in [0.2, 0.25) is 5.67 Å². The minimum absolute atomic E-state index is 0.730. The molecule has 0 heterocycles. The van der Waals surface area contributed by atoms with Crippen LogP contribution in [0.3, 0.4) is 0 Å². The summed E-state index contributed by atoms with van der Waals surface area (Å²) in [5, 5.41) is 0. The largest absolute Gasteiger partial charge is 0.375 e. The molecule has 2 atom stereocenters. The molecule has 0 aliphatic heterocycles. The van der Waals surface area contributed by atoms with Crippen molar-refractivity contribution in [2.45, 2.75) is 47.2 Å². The van der Waals surface area contributed by atoms with E-state index in [2.05, 4.69) is 11.6 Å². The first-order chi connectivity index (χ1) is 8.25. The van der Waals surface area contributed by atoms with E-state index in [4.69, 9.17) is 0 Å². The molecule has 2 unspecified atom stereocenters. The van der Waals surface area contributed by atoms with Crippen LogP contribution in [0.4, 0.5) is 43.9 Å². The zero-order valence-electron chi connectivity index (χ0n) is 9.54. The van der Waals surface area contributed by atoms with Gasteiger partial charge in [-0.3, -0.25) is 0 Å². The topological polar surface area (TPSA) is 0 Å². The van der Waals surface area contributed by atoms with Crippen molar-refractivity contribution in [1.29, 1.82) is 0 Å². The Labute approximate surface area is 119 Å². The predicted molar refractivity (Wildman–Crippen MR) is 53.6 cm³/mol. The molecule has 0 aromatic rings. The molecular weight excluding hydrogens is 401 g/mol. The molecule has 0 aliphatic carbocycles. The van der Waals surface area contributed by atoms with E-state index in [0.29, 0.717) is 0 Å². The number of hydrogen-bond acceptors (Lipinski definition) is 0. The van der Waals surface area contributed by atoms with Crippen LogP contribution in [0, 0.1) is 0 Å². The van der Waals surface area contributed by atoms with E-state index >= 15 is 0 Å². The molecule has 0 spiro atoms. The minimum Gasteiger partial charge on any atom is -0.230 e. The first-order valence-electron chi connectivity index (χ1n) is 4.52. The SMILES string of the molecule is CC(F)(F)C(F)(F)C(F)(F)C(C)(F)C(F)(F)C(F)(Cl)Br. The lowest BCUT2D eigenvalue weighted by molar-refractivity contribution is -0.367. The average molecular weight is 407 g/mol. The third-order valence-corrected chi connectivity index (χ3v) is 3.22. The Balaban J connectivity index is 6.08. The van der Waals surface area contributed by atoms with E-state index < -0.39 is 47.2 Å². The highest BCUT2D eigenvalue weighted by Gasteiger charge is 2.85. The van der Waals surface area contributed by atoms with Crippen molar-refractivity contribution in [1.82, 2.24) is 0 Å². The van der Waals surface area contributed by atoms with Gasteiger partial charge in [-0.2, -0.15) is 35.1 Å². The molecule has 0 aliphatic rings. The molecule has 0 amide bonds. The smallest absolute Gasteiger partial charge is 0.230 e. The van der Waals surface area contributed by atoms with Gasteiger partial charge in [-0.05, 0) is 22.9 Å². The highest BCUT2D eigenvalue weighted by Crippen LogP contribution is 2.60. The van der Waals surface area contributed by atoms with Crippen molar-refractivity contribution < 1.29 is 43.9 Å². The molecule has 0 rings (SSSR count). The van der Waals surface area contributed by atoms with Gasteiger partial charge in [0.05, 0.1) is 0 Å². The van der Waals surface area contributed by atoms with Gasteiger partial charge in [0.15, 0.2) is 0 Å². The Hall–Kier alpha value is 0.0700. The van der Waals surface area contributed by atoms with Gasteiger partial charge in [0.25, 0.3) is 0 Å². The highest BCUT2D eigenvalue weighted by atomic mass is 79.9. The molecule has 0 saturated heterocycles. The van der Waals surface area contributed by atoms with E-state index in [-0.39, 0.29) is 0 Å². The summed E-state index contributed by atoms with van der Waals surface area (Å²) in [6.45, 7) is -1.59. The monoisotopic (exact) mass is 406 g/mol. The quantitative estimate of drug-likeness (QED) is 0.415. The van der Waals surface area contributed by atoms with Gasteiger partial charge in [0, 0.05) is 6.92 Å². The zero-order chi connectivity index (χ0) is 17.0. The van der Waals surface area contributed by atoms with Crippen LogP contribution in [0.1, 0.15) is 13.8 Å². The maximum absolute atomic E-state index is 13.5. The number of rotatable bonds is 5. The van der Waals surface area contributed by atoms with Gasteiger partial charge in [-0.1, -0.05) is 11.6 Å². The third kappa shape index (κ3) is 2.59. The lowest BCUT2D eigenvalue weighted by Crippen LogP contribution is -2.69. The molecule has 0 bridgehead atoms. The van der Waals surface area contributed by atoms with Crippen LogP contribution in [-0.2, 0) is 0 Å². The van der Waals surface area contributed by atoms with Crippen molar-refractivity contribution in [3.8, 4) is 0 Å². The highest BCUT2D eigenvalue weighted by molar-refractivity contribution is 9.10. The van der Waals surface area contributed by atoms with Crippen LogP contribution in [0.25, 0.3) is 0 Å². The second-order valence-electron chi connectivity index (χ2n) is 4.11. The Bertz CT molecular complexity index is 330. The van der Waals surface area contributed by atoms with Gasteiger partial charge >= 0.3 is 27.7 Å². The van der Waals surface area contributed by atoms with Gasteiger partial charge in [-0.15, -0.1) is 0 Å². The summed E-state index contributed by atoms with van der Waals surface area (Å²) < 4.78 is 125. The van der Waals surface area contributed by atoms with E-state index in [9.17, 15) is 43.9 Å². The fraction of sp³-hybridized carbons (Fsp3) is 1.00. The standard InChI is InChI=1S/C8H6BrClF10/c1-3(11,6(16,17)8(9,10)20)5(14,15)7(18,19)4(2,12)13/h1-2H3. The van der Waals surface area contributed by atoms with Crippen molar-refractivity contribution in [2.24, 2.45) is 0 Å². The van der Waals surface area contributed by atoms with Crippen molar-refractivity contribution >= 4 is 27.5 Å². The third-order valence-electron chi connectivity index (χ3n) is 2.48. The fourth-order valence-corrected chi connectivity index (χ4v) is 1.58. The molecule has 0 aromatic carbocycles. The van der Waals surface area contributed by atoms with Crippen LogP contribution >= 0.6 is 27.5 Å². The van der Waals surface area contributed by atoms with Gasteiger partial charge in [-0.25, -0.2) is 8.78 Å². The van der Waals surface area contributed by atoms with Crippen LogP contribution in [0.2, 0.25) is 0 Å². The lowest BCUT2D eigenvalue weighted by Gasteiger charge is -2.42. The van der Waals surface area contributed by atoms with E-state index in [1.54, 1.807) is 0 Å². The maximum Gasteiger partial charge on any atom is 0.375 e. The summed E-state index contributed by atoms with van der Waals surface area (Å²) in [6.07, 6.45) is 0. The normalized spacial score (nSPS) is 21.3. The molecule has 20 heavy (non-hydrogen) atoms. The van der Waals surface area contributed by atoms with Gasteiger partial charge in [0.1, 0.15) is 0 Å². The second-order valence-corrected chi connectivity index (χ2v) is 6.18. The Morgan fingerprint density at radius 2 is 0.950 bits per heavy atom. The average Bonchev–Trinajstić information content (AvgIpc) is 2.12. The summed E-state index contributed by atoms with van der Waals surface area (Å²) in [5.41, 5.74) is -5.73. The molecule has 122 valence electrons. The predicted octanol–water partition coefficient (Wildman–Crippen LogP) is 5.53. The molecule has 0 aromatic heterocycles. The van der Waals surface area contributed by atoms with Crippen LogP contribution < -0.4 is 0 Å². The van der Waals surface area contributed by atoms with Crippen LogP contribution in [-0.4, -0.2) is 33.4 Å². The second kappa shape index (κ2) is 4.79. The Kier molecular flexibility index (Phi) is 4.80. The van der Waals surface area contributed by atoms with E-state index in [1.807, 2.05) is 0 Å². The minimum atomic E-state index is -6.64. The molecule has 0 nitrogen and oxygen atoms in total. The van der Waals surface area contributed by atoms with Crippen LogP contribution in [0.15, 0.2) is 0 Å².